The zero-order valence-electron chi connectivity index (χ0n) is 12.8. The van der Waals surface area contributed by atoms with Gasteiger partial charge < -0.3 is 10.3 Å². The molecule has 1 heterocycles. The van der Waals surface area contributed by atoms with Crippen LogP contribution in [-0.4, -0.2) is 9.55 Å². The fourth-order valence-corrected chi connectivity index (χ4v) is 2.66. The third-order valence-corrected chi connectivity index (χ3v) is 3.74. The van der Waals surface area contributed by atoms with Gasteiger partial charge in [-0.15, -0.1) is 0 Å². The Morgan fingerprint density at radius 2 is 1.92 bits per heavy atom. The number of hydrogen-bond acceptors (Lipinski definition) is 2. The number of benzene rings is 2. The van der Waals surface area contributed by atoms with E-state index in [-0.39, 0.29) is 17.9 Å². The second-order valence-corrected chi connectivity index (χ2v) is 5.68. The normalized spacial score (nSPS) is 13.4. The second kappa shape index (κ2) is 5.90. The molecule has 2 aromatic carbocycles. The summed E-state index contributed by atoms with van der Waals surface area (Å²) in [6, 6.07) is 8.94. The van der Waals surface area contributed by atoms with Crippen LogP contribution in [0, 0.1) is 5.82 Å². The zero-order chi connectivity index (χ0) is 17.5. The van der Waals surface area contributed by atoms with Crippen molar-refractivity contribution in [1.82, 2.24) is 9.55 Å². The van der Waals surface area contributed by atoms with Crippen LogP contribution in [0.1, 0.15) is 29.9 Å². The van der Waals surface area contributed by atoms with Crippen molar-refractivity contribution in [2.24, 2.45) is 5.73 Å². The van der Waals surface area contributed by atoms with Gasteiger partial charge >= 0.3 is 6.18 Å². The Morgan fingerprint density at radius 3 is 2.54 bits per heavy atom. The van der Waals surface area contributed by atoms with Gasteiger partial charge in [0.25, 0.3) is 0 Å². The minimum atomic E-state index is -4.44. The molecule has 0 amide bonds. The van der Waals surface area contributed by atoms with E-state index in [0.717, 1.165) is 12.1 Å². The first-order valence-corrected chi connectivity index (χ1v) is 7.33. The Morgan fingerprint density at radius 1 is 1.17 bits per heavy atom. The lowest BCUT2D eigenvalue weighted by atomic mass is 10.2. The van der Waals surface area contributed by atoms with Crippen LogP contribution in [0.25, 0.3) is 11.0 Å². The molecule has 0 aliphatic heterocycles. The maximum atomic E-state index is 13.4. The molecule has 0 unspecified atom stereocenters. The minimum absolute atomic E-state index is 0.216. The van der Waals surface area contributed by atoms with Crippen molar-refractivity contribution < 1.29 is 17.6 Å². The SMILES string of the molecule is C[C@H](N)c1nc2cc(C(F)(F)F)ccc2n1Cc1cccc(F)c1. The highest BCUT2D eigenvalue weighted by Crippen LogP contribution is 2.32. The summed E-state index contributed by atoms with van der Waals surface area (Å²) in [5.41, 5.74) is 6.56. The molecule has 0 fully saturated rings. The van der Waals surface area contributed by atoms with Gasteiger partial charge in [0.15, 0.2) is 0 Å². The number of nitrogens with two attached hydrogens (primary N) is 1. The van der Waals surface area contributed by atoms with Gasteiger partial charge in [-0.2, -0.15) is 13.2 Å². The molecule has 0 radical (unpaired) electrons. The van der Waals surface area contributed by atoms with Crippen molar-refractivity contribution in [2.75, 3.05) is 0 Å². The fourth-order valence-electron chi connectivity index (χ4n) is 2.66. The van der Waals surface area contributed by atoms with Crippen molar-refractivity contribution in [3.05, 3.63) is 65.2 Å². The van der Waals surface area contributed by atoms with Gasteiger partial charge in [0, 0.05) is 6.54 Å². The molecular formula is C17H15F4N3. The van der Waals surface area contributed by atoms with Crippen molar-refractivity contribution in [2.45, 2.75) is 25.7 Å². The molecule has 3 nitrogen and oxygen atoms in total. The van der Waals surface area contributed by atoms with E-state index in [1.807, 2.05) is 0 Å². The number of aromatic nitrogens is 2. The summed E-state index contributed by atoms with van der Waals surface area (Å²) in [5.74, 6) is 0.0761. The largest absolute Gasteiger partial charge is 0.416 e. The maximum absolute atomic E-state index is 13.4. The number of fused-ring (bicyclic) bond motifs is 1. The first kappa shape index (κ1) is 16.4. The van der Waals surface area contributed by atoms with Crippen molar-refractivity contribution in [3.8, 4) is 0 Å². The first-order chi connectivity index (χ1) is 11.3. The average molecular weight is 337 g/mol. The molecule has 24 heavy (non-hydrogen) atoms. The summed E-state index contributed by atoms with van der Waals surface area (Å²) in [7, 11) is 0. The molecular weight excluding hydrogens is 322 g/mol. The highest BCUT2D eigenvalue weighted by molar-refractivity contribution is 5.77. The molecule has 2 N–H and O–H groups in total. The third-order valence-electron chi connectivity index (χ3n) is 3.74. The summed E-state index contributed by atoms with van der Waals surface area (Å²) >= 11 is 0. The van der Waals surface area contributed by atoms with Gasteiger partial charge in [-0.3, -0.25) is 0 Å². The lowest BCUT2D eigenvalue weighted by molar-refractivity contribution is -0.137. The minimum Gasteiger partial charge on any atom is -0.322 e. The number of hydrogen-bond donors (Lipinski definition) is 1. The van der Waals surface area contributed by atoms with Crippen LogP contribution in [0.3, 0.4) is 0 Å². The monoisotopic (exact) mass is 337 g/mol. The molecule has 0 aliphatic carbocycles. The summed E-state index contributed by atoms with van der Waals surface area (Å²) in [6.07, 6.45) is -4.44. The zero-order valence-corrected chi connectivity index (χ0v) is 12.8. The highest BCUT2D eigenvalue weighted by atomic mass is 19.4. The smallest absolute Gasteiger partial charge is 0.322 e. The van der Waals surface area contributed by atoms with Crippen molar-refractivity contribution in [3.63, 3.8) is 0 Å². The van der Waals surface area contributed by atoms with E-state index in [9.17, 15) is 17.6 Å². The summed E-state index contributed by atoms with van der Waals surface area (Å²) in [4.78, 5) is 4.25. The predicted octanol–water partition coefficient (Wildman–Crippen LogP) is 4.26. The van der Waals surface area contributed by atoms with E-state index in [1.165, 1.54) is 18.2 Å². The number of halogens is 4. The highest BCUT2D eigenvalue weighted by Gasteiger charge is 2.31. The summed E-state index contributed by atoms with van der Waals surface area (Å²) in [6.45, 7) is 1.98. The number of nitrogens with zero attached hydrogens (tertiary/aromatic N) is 2. The second-order valence-electron chi connectivity index (χ2n) is 5.68. The molecule has 7 heteroatoms. The first-order valence-electron chi connectivity index (χ1n) is 7.33. The molecule has 1 atom stereocenters. The lowest BCUT2D eigenvalue weighted by Crippen LogP contribution is -2.14. The van der Waals surface area contributed by atoms with Crippen molar-refractivity contribution >= 4 is 11.0 Å². The van der Waals surface area contributed by atoms with Gasteiger partial charge in [0.1, 0.15) is 11.6 Å². The number of imidazole rings is 1. The van der Waals surface area contributed by atoms with Crippen LogP contribution in [0.5, 0.6) is 0 Å². The van der Waals surface area contributed by atoms with Gasteiger partial charge in [-0.05, 0) is 42.8 Å². The van der Waals surface area contributed by atoms with Crippen LogP contribution in [0.4, 0.5) is 17.6 Å². The number of rotatable bonds is 3. The molecule has 0 spiro atoms. The molecule has 0 aliphatic rings. The van der Waals surface area contributed by atoms with Gasteiger partial charge in [-0.25, -0.2) is 9.37 Å². The molecule has 1 aromatic heterocycles. The quantitative estimate of drug-likeness (QED) is 0.726. The molecule has 3 rings (SSSR count). The van der Waals surface area contributed by atoms with Crippen LogP contribution < -0.4 is 5.73 Å². The maximum Gasteiger partial charge on any atom is 0.416 e. The molecule has 0 saturated carbocycles. The summed E-state index contributed by atoms with van der Waals surface area (Å²) < 4.78 is 53.7. The van der Waals surface area contributed by atoms with E-state index in [0.29, 0.717) is 16.9 Å². The van der Waals surface area contributed by atoms with Crippen molar-refractivity contribution in [1.29, 1.82) is 0 Å². The Labute approximate surface area is 135 Å². The van der Waals surface area contributed by atoms with Crippen LogP contribution in [0.15, 0.2) is 42.5 Å². The van der Waals surface area contributed by atoms with E-state index in [1.54, 1.807) is 23.6 Å². The van der Waals surface area contributed by atoms with Gasteiger partial charge in [0.2, 0.25) is 0 Å². The van der Waals surface area contributed by atoms with Gasteiger partial charge in [-0.1, -0.05) is 12.1 Å². The Kier molecular flexibility index (Phi) is 4.04. The molecule has 0 bridgehead atoms. The van der Waals surface area contributed by atoms with Gasteiger partial charge in [0.05, 0.1) is 22.6 Å². The van der Waals surface area contributed by atoms with E-state index in [2.05, 4.69) is 4.98 Å². The van der Waals surface area contributed by atoms with Crippen LogP contribution >= 0.6 is 0 Å². The Hall–Kier alpha value is -2.41. The molecule has 0 saturated heterocycles. The van der Waals surface area contributed by atoms with E-state index >= 15 is 0 Å². The summed E-state index contributed by atoms with van der Waals surface area (Å²) in [5, 5.41) is 0. The Bertz CT molecular complexity index is 881. The molecule has 126 valence electrons. The topological polar surface area (TPSA) is 43.8 Å². The number of alkyl halides is 3. The van der Waals surface area contributed by atoms with E-state index < -0.39 is 17.8 Å². The lowest BCUT2D eigenvalue weighted by Gasteiger charge is -2.12. The average Bonchev–Trinajstić information content (AvgIpc) is 2.85. The fraction of sp³-hybridized carbons (Fsp3) is 0.235. The van der Waals surface area contributed by atoms with Crippen LogP contribution in [0.2, 0.25) is 0 Å². The Balaban J connectivity index is 2.13. The van der Waals surface area contributed by atoms with Crippen LogP contribution in [-0.2, 0) is 12.7 Å². The standard InChI is InChI=1S/C17H15F4N3/c1-10(22)16-23-14-8-12(17(19,20)21)5-6-15(14)24(16)9-11-3-2-4-13(18)7-11/h2-8,10H,9,22H2,1H3/t10-/m0/s1. The predicted molar refractivity (Wildman–Crippen MR) is 82.8 cm³/mol. The third kappa shape index (κ3) is 3.12. The molecule has 3 aromatic rings. The van der Waals surface area contributed by atoms with E-state index in [4.69, 9.17) is 5.73 Å².